The third kappa shape index (κ3) is 2.57. The Morgan fingerprint density at radius 1 is 1.44 bits per heavy atom. The highest BCUT2D eigenvalue weighted by molar-refractivity contribution is 6.31. The first kappa shape index (κ1) is 11.9. The highest BCUT2D eigenvalue weighted by Crippen LogP contribution is 2.42. The molecule has 1 aromatic carbocycles. The fourth-order valence-electron chi connectivity index (χ4n) is 2.16. The highest BCUT2D eigenvalue weighted by atomic mass is 35.5. The molecular formula is C13H17ClO2. The van der Waals surface area contributed by atoms with E-state index in [1.165, 1.54) is 0 Å². The Labute approximate surface area is 101 Å². The van der Waals surface area contributed by atoms with Gasteiger partial charge in [0, 0.05) is 18.6 Å². The van der Waals surface area contributed by atoms with Gasteiger partial charge in [-0.2, -0.15) is 0 Å². The van der Waals surface area contributed by atoms with E-state index in [9.17, 15) is 5.11 Å². The molecule has 1 fully saturated rings. The lowest BCUT2D eigenvalue weighted by Crippen LogP contribution is -2.39. The van der Waals surface area contributed by atoms with Gasteiger partial charge in [-0.25, -0.2) is 0 Å². The summed E-state index contributed by atoms with van der Waals surface area (Å²) in [6.07, 6.45) is 2.75. The van der Waals surface area contributed by atoms with Crippen LogP contribution in [0.4, 0.5) is 0 Å². The van der Waals surface area contributed by atoms with Crippen LogP contribution in [0.25, 0.3) is 0 Å². The molecule has 16 heavy (non-hydrogen) atoms. The van der Waals surface area contributed by atoms with Crippen LogP contribution in [-0.2, 0) is 11.2 Å². The van der Waals surface area contributed by atoms with Gasteiger partial charge in [-0.15, -0.1) is 0 Å². The maximum atomic E-state index is 10.5. The predicted molar refractivity (Wildman–Crippen MR) is 64.7 cm³/mol. The van der Waals surface area contributed by atoms with Crippen LogP contribution in [0.2, 0.25) is 5.02 Å². The summed E-state index contributed by atoms with van der Waals surface area (Å²) in [6.45, 7) is 0.378. The number of hydrogen-bond acceptors (Lipinski definition) is 2. The van der Waals surface area contributed by atoms with Crippen molar-refractivity contribution in [3.63, 3.8) is 0 Å². The second-order valence-corrected chi connectivity index (χ2v) is 4.99. The number of ether oxygens (including phenoxy) is 1. The second-order valence-electron chi connectivity index (χ2n) is 4.58. The van der Waals surface area contributed by atoms with Gasteiger partial charge < -0.3 is 9.84 Å². The zero-order valence-corrected chi connectivity index (χ0v) is 10.2. The lowest BCUT2D eigenvalue weighted by molar-refractivity contribution is -0.0474. The van der Waals surface area contributed by atoms with Gasteiger partial charge in [-0.05, 0) is 30.4 Å². The van der Waals surface area contributed by atoms with Crippen LogP contribution in [0.5, 0.6) is 0 Å². The third-order valence-corrected chi connectivity index (χ3v) is 3.55. The lowest BCUT2D eigenvalue weighted by atomic mass is 9.90. The van der Waals surface area contributed by atoms with E-state index in [0.29, 0.717) is 18.9 Å². The van der Waals surface area contributed by atoms with E-state index in [-0.39, 0.29) is 0 Å². The third-order valence-electron chi connectivity index (χ3n) is 3.19. The molecule has 3 heteroatoms. The minimum Gasteiger partial charge on any atom is -0.387 e. The summed E-state index contributed by atoms with van der Waals surface area (Å²) in [5.74, 6) is 0.365. The highest BCUT2D eigenvalue weighted by Gasteiger charge is 2.44. The van der Waals surface area contributed by atoms with E-state index in [1.807, 2.05) is 24.3 Å². The molecule has 1 unspecified atom stereocenters. The Balaban J connectivity index is 2.14. The first-order valence-corrected chi connectivity index (χ1v) is 5.98. The summed E-state index contributed by atoms with van der Waals surface area (Å²) in [5, 5.41) is 11.3. The van der Waals surface area contributed by atoms with Crippen LogP contribution < -0.4 is 0 Å². The maximum absolute atomic E-state index is 10.5. The molecule has 1 aliphatic rings. The number of rotatable bonds is 5. The lowest BCUT2D eigenvalue weighted by Gasteiger charge is -2.27. The summed E-state index contributed by atoms with van der Waals surface area (Å²) in [6, 6.07) is 7.67. The van der Waals surface area contributed by atoms with Crippen LogP contribution in [0.15, 0.2) is 24.3 Å². The molecule has 0 aliphatic heterocycles. The summed E-state index contributed by atoms with van der Waals surface area (Å²) in [4.78, 5) is 0. The molecular weight excluding hydrogens is 224 g/mol. The summed E-state index contributed by atoms with van der Waals surface area (Å²) in [5.41, 5.74) is 0.246. The minimum atomic E-state index is -0.750. The summed E-state index contributed by atoms with van der Waals surface area (Å²) < 4.78 is 5.13. The molecule has 0 heterocycles. The molecule has 1 aromatic rings. The van der Waals surface area contributed by atoms with E-state index in [4.69, 9.17) is 16.3 Å². The fourth-order valence-corrected chi connectivity index (χ4v) is 2.36. The molecule has 0 aromatic heterocycles. The van der Waals surface area contributed by atoms with Crippen LogP contribution in [0.1, 0.15) is 18.4 Å². The molecule has 0 radical (unpaired) electrons. The number of hydrogen-bond donors (Lipinski definition) is 1. The maximum Gasteiger partial charge on any atom is 0.0948 e. The van der Waals surface area contributed by atoms with Crippen LogP contribution >= 0.6 is 11.6 Å². The number of methoxy groups -OCH3 is 1. The van der Waals surface area contributed by atoms with Crippen molar-refractivity contribution < 1.29 is 9.84 Å². The number of aliphatic hydroxyl groups is 1. The van der Waals surface area contributed by atoms with Gasteiger partial charge >= 0.3 is 0 Å². The Morgan fingerprint density at radius 3 is 2.69 bits per heavy atom. The van der Waals surface area contributed by atoms with Crippen molar-refractivity contribution in [2.45, 2.75) is 24.9 Å². The van der Waals surface area contributed by atoms with Gasteiger partial charge in [0.05, 0.1) is 12.2 Å². The van der Waals surface area contributed by atoms with Gasteiger partial charge in [0.2, 0.25) is 0 Å². The van der Waals surface area contributed by atoms with Gasteiger partial charge in [0.25, 0.3) is 0 Å². The fraction of sp³-hybridized carbons (Fsp3) is 0.538. The molecule has 0 spiro atoms. The van der Waals surface area contributed by atoms with Gasteiger partial charge in [-0.3, -0.25) is 0 Å². The zero-order chi connectivity index (χ0) is 11.6. The van der Waals surface area contributed by atoms with Gasteiger partial charge in [0.15, 0.2) is 0 Å². The zero-order valence-electron chi connectivity index (χ0n) is 9.45. The van der Waals surface area contributed by atoms with Crippen LogP contribution in [0.3, 0.4) is 0 Å². The quantitative estimate of drug-likeness (QED) is 0.858. The SMILES string of the molecule is COCC(O)(Cc1ccccc1Cl)C1CC1. The van der Waals surface area contributed by atoms with Gasteiger partial charge in [-0.1, -0.05) is 29.8 Å². The number of halogens is 1. The van der Waals surface area contributed by atoms with E-state index >= 15 is 0 Å². The Kier molecular flexibility index (Phi) is 3.53. The first-order chi connectivity index (χ1) is 7.65. The van der Waals surface area contributed by atoms with E-state index < -0.39 is 5.60 Å². The van der Waals surface area contributed by atoms with E-state index in [0.717, 1.165) is 23.4 Å². The summed E-state index contributed by atoms with van der Waals surface area (Å²) >= 11 is 6.10. The topological polar surface area (TPSA) is 29.5 Å². The molecule has 2 nitrogen and oxygen atoms in total. The first-order valence-electron chi connectivity index (χ1n) is 5.60. The predicted octanol–water partition coefficient (Wildman–Crippen LogP) is 2.67. The Morgan fingerprint density at radius 2 is 2.12 bits per heavy atom. The van der Waals surface area contributed by atoms with E-state index in [2.05, 4.69) is 0 Å². The van der Waals surface area contributed by atoms with Crippen molar-refractivity contribution in [3.05, 3.63) is 34.9 Å². The van der Waals surface area contributed by atoms with E-state index in [1.54, 1.807) is 7.11 Å². The minimum absolute atomic E-state index is 0.365. The number of benzene rings is 1. The molecule has 1 N–H and O–H groups in total. The van der Waals surface area contributed by atoms with Crippen molar-refractivity contribution in [1.29, 1.82) is 0 Å². The normalized spacial score (nSPS) is 19.4. The molecule has 1 saturated carbocycles. The Bertz CT molecular complexity index is 363. The standard InChI is InChI=1S/C13H17ClO2/c1-16-9-13(15,11-6-7-11)8-10-4-2-3-5-12(10)14/h2-5,11,15H,6-9H2,1H3. The molecule has 2 rings (SSSR count). The van der Waals surface area contributed by atoms with Crippen LogP contribution in [0, 0.1) is 5.92 Å². The Hall–Kier alpha value is -0.570. The summed E-state index contributed by atoms with van der Waals surface area (Å²) in [7, 11) is 1.62. The molecule has 88 valence electrons. The molecule has 1 atom stereocenters. The molecule has 1 aliphatic carbocycles. The second kappa shape index (κ2) is 4.74. The van der Waals surface area contributed by atoms with Crippen molar-refractivity contribution in [3.8, 4) is 0 Å². The largest absolute Gasteiger partial charge is 0.387 e. The van der Waals surface area contributed by atoms with Crippen molar-refractivity contribution in [1.82, 2.24) is 0 Å². The molecule has 0 bridgehead atoms. The monoisotopic (exact) mass is 240 g/mol. The van der Waals surface area contributed by atoms with Gasteiger partial charge in [0.1, 0.15) is 0 Å². The average molecular weight is 241 g/mol. The average Bonchev–Trinajstić information content (AvgIpc) is 3.05. The van der Waals surface area contributed by atoms with Crippen molar-refractivity contribution in [2.24, 2.45) is 5.92 Å². The smallest absolute Gasteiger partial charge is 0.0948 e. The van der Waals surface area contributed by atoms with Crippen molar-refractivity contribution >= 4 is 11.6 Å². The van der Waals surface area contributed by atoms with Crippen LogP contribution in [-0.4, -0.2) is 24.4 Å². The molecule has 0 saturated heterocycles. The van der Waals surface area contributed by atoms with Crippen molar-refractivity contribution in [2.75, 3.05) is 13.7 Å². The molecule has 0 amide bonds.